The Kier molecular flexibility index (Phi) is 4.71. The molecular formula is C19H17ClN2. The van der Waals surface area contributed by atoms with Gasteiger partial charge < -0.3 is 4.90 Å². The predicted molar refractivity (Wildman–Crippen MR) is 92.0 cm³/mol. The first-order chi connectivity index (χ1) is 10.8. The van der Waals surface area contributed by atoms with Crippen molar-refractivity contribution in [3.05, 3.63) is 95.1 Å². The maximum Gasteiger partial charge on any atom is 0.129 e. The van der Waals surface area contributed by atoms with E-state index in [1.54, 1.807) is 0 Å². The van der Waals surface area contributed by atoms with Crippen LogP contribution in [-0.2, 0) is 13.1 Å². The summed E-state index contributed by atoms with van der Waals surface area (Å²) < 4.78 is 0. The van der Waals surface area contributed by atoms with Crippen molar-refractivity contribution < 1.29 is 0 Å². The first-order valence-corrected chi connectivity index (χ1v) is 7.63. The van der Waals surface area contributed by atoms with E-state index in [9.17, 15) is 0 Å². The largest absolute Gasteiger partial charge is 0.348 e. The van der Waals surface area contributed by atoms with Crippen molar-refractivity contribution in [3.8, 4) is 0 Å². The van der Waals surface area contributed by atoms with E-state index in [-0.39, 0.29) is 0 Å². The molecule has 0 aliphatic rings. The summed E-state index contributed by atoms with van der Waals surface area (Å²) in [4.78, 5) is 6.74. The van der Waals surface area contributed by atoms with Crippen LogP contribution in [0.3, 0.4) is 0 Å². The molecule has 0 fully saturated rings. The number of benzene rings is 2. The monoisotopic (exact) mass is 308 g/mol. The molecule has 0 spiro atoms. The van der Waals surface area contributed by atoms with Gasteiger partial charge in [-0.1, -0.05) is 60.1 Å². The van der Waals surface area contributed by atoms with E-state index < -0.39 is 0 Å². The smallest absolute Gasteiger partial charge is 0.129 e. The Hall–Kier alpha value is -2.32. The first-order valence-electron chi connectivity index (χ1n) is 7.25. The van der Waals surface area contributed by atoms with Gasteiger partial charge in [-0.15, -0.1) is 0 Å². The molecule has 110 valence electrons. The van der Waals surface area contributed by atoms with Gasteiger partial charge in [-0.3, -0.25) is 0 Å². The van der Waals surface area contributed by atoms with Crippen molar-refractivity contribution in [2.24, 2.45) is 0 Å². The van der Waals surface area contributed by atoms with E-state index in [0.29, 0.717) is 0 Å². The SMILES string of the molecule is Clc1cccc(CN(Cc2ccccc2)c2ccccn2)c1. The summed E-state index contributed by atoms with van der Waals surface area (Å²) in [6.07, 6.45) is 1.82. The second kappa shape index (κ2) is 7.10. The third-order valence-corrected chi connectivity index (χ3v) is 3.69. The molecule has 0 unspecified atom stereocenters. The molecule has 0 bridgehead atoms. The van der Waals surface area contributed by atoms with E-state index in [0.717, 1.165) is 23.9 Å². The number of anilines is 1. The molecule has 0 amide bonds. The maximum absolute atomic E-state index is 6.10. The third kappa shape index (κ3) is 3.86. The summed E-state index contributed by atoms with van der Waals surface area (Å²) in [6.45, 7) is 1.58. The molecule has 2 nitrogen and oxygen atoms in total. The lowest BCUT2D eigenvalue weighted by Crippen LogP contribution is -2.23. The van der Waals surface area contributed by atoms with Crippen LogP contribution in [0, 0.1) is 0 Å². The zero-order chi connectivity index (χ0) is 15.2. The number of hydrogen-bond donors (Lipinski definition) is 0. The Bertz CT molecular complexity index is 714. The van der Waals surface area contributed by atoms with Gasteiger partial charge in [-0.25, -0.2) is 4.98 Å². The molecule has 0 saturated heterocycles. The van der Waals surface area contributed by atoms with Crippen molar-refractivity contribution in [1.82, 2.24) is 4.98 Å². The lowest BCUT2D eigenvalue weighted by atomic mass is 10.1. The number of hydrogen-bond acceptors (Lipinski definition) is 2. The average Bonchev–Trinajstić information content (AvgIpc) is 2.56. The van der Waals surface area contributed by atoms with Gasteiger partial charge in [0.2, 0.25) is 0 Å². The molecule has 3 aromatic rings. The lowest BCUT2D eigenvalue weighted by Gasteiger charge is -2.24. The van der Waals surface area contributed by atoms with Crippen LogP contribution in [0.4, 0.5) is 5.82 Å². The standard InChI is InChI=1S/C19H17ClN2/c20-18-10-6-9-17(13-18)15-22(19-11-4-5-12-21-19)14-16-7-2-1-3-8-16/h1-13H,14-15H2. The van der Waals surface area contributed by atoms with Gasteiger partial charge in [-0.05, 0) is 35.4 Å². The van der Waals surface area contributed by atoms with Gasteiger partial charge in [0, 0.05) is 24.3 Å². The number of rotatable bonds is 5. The zero-order valence-corrected chi connectivity index (χ0v) is 12.9. The highest BCUT2D eigenvalue weighted by atomic mass is 35.5. The summed E-state index contributed by atoms with van der Waals surface area (Å²) >= 11 is 6.10. The minimum absolute atomic E-state index is 0.762. The van der Waals surface area contributed by atoms with Crippen molar-refractivity contribution in [2.45, 2.75) is 13.1 Å². The number of nitrogens with zero attached hydrogens (tertiary/aromatic N) is 2. The number of pyridine rings is 1. The Morgan fingerprint density at radius 1 is 0.773 bits per heavy atom. The van der Waals surface area contributed by atoms with Gasteiger partial charge >= 0.3 is 0 Å². The predicted octanol–water partition coefficient (Wildman–Crippen LogP) is 4.94. The van der Waals surface area contributed by atoms with Crippen LogP contribution in [0.5, 0.6) is 0 Å². The Balaban J connectivity index is 1.86. The van der Waals surface area contributed by atoms with Crippen molar-refractivity contribution in [2.75, 3.05) is 4.90 Å². The maximum atomic E-state index is 6.10. The van der Waals surface area contributed by atoms with Gasteiger partial charge in [0.1, 0.15) is 5.82 Å². The summed E-state index contributed by atoms with van der Waals surface area (Å²) in [5, 5.41) is 0.762. The van der Waals surface area contributed by atoms with Gasteiger partial charge in [0.05, 0.1) is 0 Å². The summed E-state index contributed by atoms with van der Waals surface area (Å²) in [6, 6.07) is 24.4. The van der Waals surface area contributed by atoms with Gasteiger partial charge in [0.25, 0.3) is 0 Å². The van der Waals surface area contributed by atoms with Crippen LogP contribution in [0.15, 0.2) is 79.0 Å². The molecule has 22 heavy (non-hydrogen) atoms. The molecule has 0 saturated carbocycles. The van der Waals surface area contributed by atoms with E-state index in [1.807, 2.05) is 48.7 Å². The minimum Gasteiger partial charge on any atom is -0.348 e. The van der Waals surface area contributed by atoms with Crippen LogP contribution in [0.25, 0.3) is 0 Å². The fourth-order valence-corrected chi connectivity index (χ4v) is 2.63. The number of halogens is 1. The second-order valence-electron chi connectivity index (χ2n) is 5.16. The third-order valence-electron chi connectivity index (χ3n) is 3.45. The molecule has 1 heterocycles. The van der Waals surface area contributed by atoms with E-state index in [4.69, 9.17) is 11.6 Å². The zero-order valence-electron chi connectivity index (χ0n) is 12.2. The van der Waals surface area contributed by atoms with E-state index in [2.05, 4.69) is 40.2 Å². The molecule has 3 rings (SSSR count). The van der Waals surface area contributed by atoms with Crippen LogP contribution >= 0.6 is 11.6 Å². The normalized spacial score (nSPS) is 10.4. The fourth-order valence-electron chi connectivity index (χ4n) is 2.42. The molecule has 0 aliphatic heterocycles. The van der Waals surface area contributed by atoms with Crippen molar-refractivity contribution >= 4 is 17.4 Å². The van der Waals surface area contributed by atoms with Crippen LogP contribution < -0.4 is 4.90 Å². The van der Waals surface area contributed by atoms with E-state index >= 15 is 0 Å². The highest BCUT2D eigenvalue weighted by molar-refractivity contribution is 6.30. The summed E-state index contributed by atoms with van der Waals surface area (Å²) in [5.41, 5.74) is 2.43. The van der Waals surface area contributed by atoms with Crippen molar-refractivity contribution in [1.29, 1.82) is 0 Å². The first kappa shape index (κ1) is 14.6. The molecule has 0 N–H and O–H groups in total. The quantitative estimate of drug-likeness (QED) is 0.663. The molecule has 0 atom stereocenters. The number of aromatic nitrogens is 1. The van der Waals surface area contributed by atoms with Gasteiger partial charge in [-0.2, -0.15) is 0 Å². The molecular weight excluding hydrogens is 292 g/mol. The molecule has 0 radical (unpaired) electrons. The highest BCUT2D eigenvalue weighted by Gasteiger charge is 2.09. The molecule has 0 aliphatic carbocycles. The van der Waals surface area contributed by atoms with Crippen LogP contribution in [-0.4, -0.2) is 4.98 Å². The van der Waals surface area contributed by atoms with E-state index in [1.165, 1.54) is 11.1 Å². The molecule has 2 aromatic carbocycles. The Labute approximate surface area is 136 Å². The van der Waals surface area contributed by atoms with Crippen LogP contribution in [0.1, 0.15) is 11.1 Å². The average molecular weight is 309 g/mol. The van der Waals surface area contributed by atoms with Crippen molar-refractivity contribution in [3.63, 3.8) is 0 Å². The fraction of sp³-hybridized carbons (Fsp3) is 0.105. The topological polar surface area (TPSA) is 16.1 Å². The summed E-state index contributed by atoms with van der Waals surface area (Å²) in [7, 11) is 0. The Morgan fingerprint density at radius 3 is 2.23 bits per heavy atom. The minimum atomic E-state index is 0.762. The lowest BCUT2D eigenvalue weighted by molar-refractivity contribution is 0.783. The second-order valence-corrected chi connectivity index (χ2v) is 5.60. The highest BCUT2D eigenvalue weighted by Crippen LogP contribution is 2.19. The van der Waals surface area contributed by atoms with Crippen LogP contribution in [0.2, 0.25) is 5.02 Å². The summed E-state index contributed by atoms with van der Waals surface area (Å²) in [5.74, 6) is 0.964. The molecule has 3 heteroatoms. The Morgan fingerprint density at radius 2 is 1.50 bits per heavy atom. The van der Waals surface area contributed by atoms with Gasteiger partial charge in [0.15, 0.2) is 0 Å². The molecule has 1 aromatic heterocycles.